The number of ether oxygens (including phenoxy) is 1. The Kier molecular flexibility index (Phi) is 3.50. The monoisotopic (exact) mass is 261 g/mol. The van der Waals surface area contributed by atoms with Gasteiger partial charge in [0.15, 0.2) is 5.69 Å². The summed E-state index contributed by atoms with van der Waals surface area (Å²) in [5.41, 5.74) is 2.77. The maximum absolute atomic E-state index is 11.7. The van der Waals surface area contributed by atoms with Crippen LogP contribution in [0.25, 0.3) is 11.3 Å². The van der Waals surface area contributed by atoms with Gasteiger partial charge in [-0.3, -0.25) is 0 Å². The highest BCUT2D eigenvalue weighted by Gasteiger charge is 2.21. The molecule has 0 fully saturated rings. The zero-order valence-electron chi connectivity index (χ0n) is 11.0. The van der Waals surface area contributed by atoms with Crippen molar-refractivity contribution in [3.8, 4) is 17.0 Å². The van der Waals surface area contributed by atoms with Crippen LogP contribution in [0.5, 0.6) is 5.75 Å². The summed E-state index contributed by atoms with van der Waals surface area (Å²) in [6.07, 6.45) is 0. The molecule has 0 amide bonds. The van der Waals surface area contributed by atoms with Crippen molar-refractivity contribution in [3.05, 3.63) is 29.0 Å². The highest BCUT2D eigenvalue weighted by Crippen LogP contribution is 2.31. The Labute approximate surface area is 110 Å². The fraction of sp³-hybridized carbons (Fsp3) is 0.308. The molecule has 0 spiro atoms. The van der Waals surface area contributed by atoms with Gasteiger partial charge in [-0.15, -0.1) is 5.10 Å². The highest BCUT2D eigenvalue weighted by molar-refractivity contribution is 5.94. The van der Waals surface area contributed by atoms with Gasteiger partial charge in [-0.1, -0.05) is 0 Å². The number of nitrogens with zero attached hydrogens (tertiary/aromatic N) is 2. The van der Waals surface area contributed by atoms with Crippen molar-refractivity contribution >= 4 is 5.97 Å². The number of carbonyl (C=O) groups excluding carboxylic acids is 1. The van der Waals surface area contributed by atoms with Gasteiger partial charge >= 0.3 is 5.97 Å². The molecule has 0 aliphatic carbocycles. The molecule has 0 radical (unpaired) electrons. The third-order valence-electron chi connectivity index (χ3n) is 2.88. The summed E-state index contributed by atoms with van der Waals surface area (Å²) >= 11 is 0. The standard InChI is InChI=1S/C13H15N3O3/c1-4-19-13(18)12-11(14-16-15-12)9-5-7(2)8(3)6-10(9)17/h5-6,17H,4H2,1-3H3,(H,14,15,16). The lowest BCUT2D eigenvalue weighted by Crippen LogP contribution is -2.07. The first-order valence-electron chi connectivity index (χ1n) is 5.93. The molecule has 0 aliphatic heterocycles. The molecule has 19 heavy (non-hydrogen) atoms. The lowest BCUT2D eigenvalue weighted by Gasteiger charge is -2.07. The molecule has 6 heteroatoms. The zero-order valence-corrected chi connectivity index (χ0v) is 11.0. The van der Waals surface area contributed by atoms with Crippen molar-refractivity contribution < 1.29 is 14.6 Å². The molecule has 0 saturated carbocycles. The third kappa shape index (κ3) is 2.42. The van der Waals surface area contributed by atoms with Crippen molar-refractivity contribution in [2.24, 2.45) is 0 Å². The highest BCUT2D eigenvalue weighted by atomic mass is 16.5. The lowest BCUT2D eigenvalue weighted by molar-refractivity contribution is 0.0520. The number of benzene rings is 1. The van der Waals surface area contributed by atoms with Crippen LogP contribution >= 0.6 is 0 Å². The Morgan fingerprint density at radius 2 is 2.00 bits per heavy atom. The van der Waals surface area contributed by atoms with Crippen LogP contribution in [-0.4, -0.2) is 33.1 Å². The summed E-state index contributed by atoms with van der Waals surface area (Å²) in [6, 6.07) is 3.40. The second-order valence-corrected chi connectivity index (χ2v) is 4.19. The summed E-state index contributed by atoms with van der Waals surface area (Å²) in [6.45, 7) is 5.78. The van der Waals surface area contributed by atoms with E-state index < -0.39 is 5.97 Å². The normalized spacial score (nSPS) is 10.5. The van der Waals surface area contributed by atoms with Crippen molar-refractivity contribution in [1.82, 2.24) is 15.4 Å². The van der Waals surface area contributed by atoms with Gasteiger partial charge in [0.05, 0.1) is 6.61 Å². The quantitative estimate of drug-likeness (QED) is 0.825. The van der Waals surface area contributed by atoms with Gasteiger partial charge < -0.3 is 9.84 Å². The van der Waals surface area contributed by atoms with Gasteiger partial charge in [0, 0.05) is 5.56 Å². The molecule has 2 aromatic rings. The molecular formula is C13H15N3O3. The fourth-order valence-corrected chi connectivity index (χ4v) is 1.75. The van der Waals surface area contributed by atoms with E-state index in [1.54, 1.807) is 19.1 Å². The van der Waals surface area contributed by atoms with E-state index >= 15 is 0 Å². The number of aryl methyl sites for hydroxylation is 2. The van der Waals surface area contributed by atoms with E-state index in [9.17, 15) is 9.90 Å². The minimum atomic E-state index is -0.566. The van der Waals surface area contributed by atoms with Crippen LogP contribution in [0.15, 0.2) is 12.1 Å². The van der Waals surface area contributed by atoms with Crippen LogP contribution in [0, 0.1) is 13.8 Å². The number of esters is 1. The third-order valence-corrected chi connectivity index (χ3v) is 2.88. The zero-order chi connectivity index (χ0) is 14.0. The molecular weight excluding hydrogens is 246 g/mol. The second kappa shape index (κ2) is 5.09. The number of rotatable bonds is 3. The number of aromatic nitrogens is 3. The molecule has 0 atom stereocenters. The molecule has 0 aliphatic rings. The minimum absolute atomic E-state index is 0.0579. The van der Waals surface area contributed by atoms with E-state index in [0.717, 1.165) is 11.1 Å². The van der Waals surface area contributed by atoms with Gasteiger partial charge in [0.25, 0.3) is 0 Å². The number of phenolic OH excluding ortho intramolecular Hbond substituents is 1. The van der Waals surface area contributed by atoms with Gasteiger partial charge in [-0.05, 0) is 44.0 Å². The number of aromatic hydroxyl groups is 1. The summed E-state index contributed by atoms with van der Waals surface area (Å²) < 4.78 is 4.90. The van der Waals surface area contributed by atoms with Gasteiger partial charge in [0.2, 0.25) is 0 Å². The summed E-state index contributed by atoms with van der Waals surface area (Å²) in [7, 11) is 0. The van der Waals surface area contributed by atoms with E-state index in [2.05, 4.69) is 15.4 Å². The lowest BCUT2D eigenvalue weighted by atomic mass is 10.0. The molecule has 2 rings (SSSR count). The predicted octanol–water partition coefficient (Wildman–Crippen LogP) is 1.97. The van der Waals surface area contributed by atoms with Crippen molar-refractivity contribution in [2.75, 3.05) is 6.61 Å². The number of phenols is 1. The van der Waals surface area contributed by atoms with E-state index in [4.69, 9.17) is 4.74 Å². The Morgan fingerprint density at radius 1 is 1.32 bits per heavy atom. The molecule has 1 aromatic heterocycles. The first-order chi connectivity index (χ1) is 9.04. The maximum Gasteiger partial charge on any atom is 0.361 e. The fourth-order valence-electron chi connectivity index (χ4n) is 1.75. The van der Waals surface area contributed by atoms with Crippen LogP contribution in [0.4, 0.5) is 0 Å². The number of hydrogen-bond donors (Lipinski definition) is 2. The SMILES string of the molecule is CCOC(=O)c1n[nH]nc1-c1cc(C)c(C)cc1O. The molecule has 0 saturated heterocycles. The van der Waals surface area contributed by atoms with E-state index in [1.165, 1.54) is 0 Å². The minimum Gasteiger partial charge on any atom is -0.507 e. The van der Waals surface area contributed by atoms with E-state index in [1.807, 2.05) is 13.8 Å². The van der Waals surface area contributed by atoms with E-state index in [0.29, 0.717) is 11.3 Å². The van der Waals surface area contributed by atoms with Crippen molar-refractivity contribution in [2.45, 2.75) is 20.8 Å². The first-order valence-corrected chi connectivity index (χ1v) is 5.93. The molecule has 1 aromatic carbocycles. The Balaban J connectivity index is 2.51. The molecule has 100 valence electrons. The number of nitrogens with one attached hydrogen (secondary N) is 1. The van der Waals surface area contributed by atoms with E-state index in [-0.39, 0.29) is 18.1 Å². The Morgan fingerprint density at radius 3 is 2.68 bits per heavy atom. The molecule has 1 heterocycles. The Bertz CT molecular complexity index is 620. The first kappa shape index (κ1) is 13.1. The molecule has 0 bridgehead atoms. The topological polar surface area (TPSA) is 88.1 Å². The summed E-state index contributed by atoms with van der Waals surface area (Å²) in [4.78, 5) is 11.7. The van der Waals surface area contributed by atoms with Crippen LogP contribution in [0.1, 0.15) is 28.5 Å². The second-order valence-electron chi connectivity index (χ2n) is 4.19. The average molecular weight is 261 g/mol. The van der Waals surface area contributed by atoms with Crippen LogP contribution in [-0.2, 0) is 4.74 Å². The van der Waals surface area contributed by atoms with Crippen molar-refractivity contribution in [1.29, 1.82) is 0 Å². The number of hydrogen-bond acceptors (Lipinski definition) is 5. The summed E-state index contributed by atoms with van der Waals surface area (Å²) in [5, 5.41) is 20.1. The molecule has 2 N–H and O–H groups in total. The maximum atomic E-state index is 11.7. The number of carbonyl (C=O) groups is 1. The number of aromatic amines is 1. The average Bonchev–Trinajstić information content (AvgIpc) is 2.83. The Hall–Kier alpha value is -2.37. The van der Waals surface area contributed by atoms with Crippen molar-refractivity contribution in [3.63, 3.8) is 0 Å². The largest absolute Gasteiger partial charge is 0.507 e. The molecule has 0 unspecified atom stereocenters. The van der Waals surface area contributed by atoms with Gasteiger partial charge in [0.1, 0.15) is 11.4 Å². The van der Waals surface area contributed by atoms with Crippen LogP contribution in [0.2, 0.25) is 0 Å². The van der Waals surface area contributed by atoms with Gasteiger partial charge in [-0.25, -0.2) is 4.79 Å². The predicted molar refractivity (Wildman–Crippen MR) is 68.9 cm³/mol. The van der Waals surface area contributed by atoms with Crippen LogP contribution in [0.3, 0.4) is 0 Å². The smallest absolute Gasteiger partial charge is 0.361 e. The number of H-pyrrole nitrogens is 1. The molecule has 6 nitrogen and oxygen atoms in total. The summed E-state index contributed by atoms with van der Waals surface area (Å²) in [5.74, 6) is -0.508. The van der Waals surface area contributed by atoms with Gasteiger partial charge in [-0.2, -0.15) is 10.3 Å². The van der Waals surface area contributed by atoms with Crippen LogP contribution < -0.4 is 0 Å².